The Morgan fingerprint density at radius 2 is 1.94 bits per heavy atom. The predicted molar refractivity (Wildman–Crippen MR) is 128 cm³/mol. The van der Waals surface area contributed by atoms with Crippen LogP contribution in [0.1, 0.15) is 23.7 Å². The van der Waals surface area contributed by atoms with Gasteiger partial charge in [-0.2, -0.15) is 0 Å². The first kappa shape index (κ1) is 21.7. The number of anilines is 1. The molecule has 0 aliphatic rings. The van der Waals surface area contributed by atoms with E-state index in [0.717, 1.165) is 28.0 Å². The summed E-state index contributed by atoms with van der Waals surface area (Å²) in [6.07, 6.45) is 0.803. The highest BCUT2D eigenvalue weighted by Gasteiger charge is 2.20. The lowest BCUT2D eigenvalue weighted by Gasteiger charge is -2.09. The number of carbonyl (C=O) groups is 1. The van der Waals surface area contributed by atoms with Gasteiger partial charge in [0.2, 0.25) is 11.0 Å². The van der Waals surface area contributed by atoms with Gasteiger partial charge in [-0.25, -0.2) is 0 Å². The Labute approximate surface area is 193 Å². The number of thiophene rings is 1. The number of hydrogen-bond acceptors (Lipinski definition) is 8. The molecule has 3 aromatic heterocycles. The van der Waals surface area contributed by atoms with Crippen molar-refractivity contribution < 1.29 is 4.79 Å². The van der Waals surface area contributed by atoms with Gasteiger partial charge in [-0.15, -0.1) is 31.7 Å². The fraction of sp³-hybridized carbons (Fsp3) is 0.286. The van der Waals surface area contributed by atoms with Gasteiger partial charge in [0.15, 0.2) is 11.0 Å². The second kappa shape index (κ2) is 9.71. The summed E-state index contributed by atoms with van der Waals surface area (Å²) in [7, 11) is 0. The second-order valence-electron chi connectivity index (χ2n) is 6.69. The van der Waals surface area contributed by atoms with Crippen molar-refractivity contribution in [3.8, 4) is 22.5 Å². The Kier molecular flexibility index (Phi) is 6.79. The quantitative estimate of drug-likeness (QED) is 0.359. The SMILES string of the molecule is CCc1nnc(NC(=O)CSc2nnc(-c3csc(C)c3-c3ccccc3)n2CC)s1. The van der Waals surface area contributed by atoms with Crippen LogP contribution < -0.4 is 5.32 Å². The molecule has 0 radical (unpaired) electrons. The number of thioether (sulfide) groups is 1. The molecule has 7 nitrogen and oxygen atoms in total. The minimum atomic E-state index is -0.132. The van der Waals surface area contributed by atoms with Crippen molar-refractivity contribution in [3.63, 3.8) is 0 Å². The molecule has 1 amide bonds. The van der Waals surface area contributed by atoms with Crippen LogP contribution in [0.5, 0.6) is 0 Å². The standard InChI is InChI=1S/C21H22N6OS3/c1-4-17-23-25-20(31-17)22-16(28)12-30-21-26-24-19(27(21)5-2)15-11-29-13(3)18(15)14-9-7-6-8-10-14/h6-11H,4-5,12H2,1-3H3,(H,22,25,28). The molecule has 10 heteroatoms. The van der Waals surface area contributed by atoms with Crippen molar-refractivity contribution in [1.29, 1.82) is 0 Å². The van der Waals surface area contributed by atoms with Gasteiger partial charge < -0.3 is 4.57 Å². The van der Waals surface area contributed by atoms with Gasteiger partial charge in [-0.3, -0.25) is 10.1 Å². The van der Waals surface area contributed by atoms with Crippen LogP contribution in [0.3, 0.4) is 0 Å². The summed E-state index contributed by atoms with van der Waals surface area (Å²) >= 11 is 4.48. The van der Waals surface area contributed by atoms with Gasteiger partial charge in [0.1, 0.15) is 5.01 Å². The van der Waals surface area contributed by atoms with Crippen LogP contribution in [-0.2, 0) is 17.8 Å². The molecule has 0 atom stereocenters. The van der Waals surface area contributed by atoms with E-state index in [4.69, 9.17) is 0 Å². The van der Waals surface area contributed by atoms with Crippen molar-refractivity contribution in [2.45, 2.75) is 38.9 Å². The molecule has 0 bridgehead atoms. The molecule has 160 valence electrons. The normalized spacial score (nSPS) is 11.1. The van der Waals surface area contributed by atoms with E-state index in [-0.39, 0.29) is 11.7 Å². The fourth-order valence-electron chi connectivity index (χ4n) is 3.20. The van der Waals surface area contributed by atoms with Crippen LogP contribution in [-0.4, -0.2) is 36.6 Å². The number of rotatable bonds is 8. The molecule has 0 spiro atoms. The number of aromatic nitrogens is 5. The number of aryl methyl sites for hydroxylation is 2. The summed E-state index contributed by atoms with van der Waals surface area (Å²) in [5.74, 6) is 0.922. The molecule has 0 saturated carbocycles. The maximum absolute atomic E-state index is 12.4. The molecule has 1 N–H and O–H groups in total. The van der Waals surface area contributed by atoms with E-state index >= 15 is 0 Å². The average molecular weight is 471 g/mol. The minimum absolute atomic E-state index is 0.132. The van der Waals surface area contributed by atoms with Crippen LogP contribution in [0.25, 0.3) is 22.5 Å². The summed E-state index contributed by atoms with van der Waals surface area (Å²) in [6, 6.07) is 10.3. The monoisotopic (exact) mass is 470 g/mol. The summed E-state index contributed by atoms with van der Waals surface area (Å²) in [5, 5.41) is 24.0. The Hall–Kier alpha value is -2.56. The molecule has 4 aromatic rings. The molecule has 1 aromatic carbocycles. The summed E-state index contributed by atoms with van der Waals surface area (Å²) in [4.78, 5) is 13.6. The number of amides is 1. The third-order valence-electron chi connectivity index (χ3n) is 4.66. The number of nitrogens with one attached hydrogen (secondary N) is 1. The first-order valence-electron chi connectivity index (χ1n) is 9.92. The third kappa shape index (κ3) is 4.70. The Morgan fingerprint density at radius 3 is 2.65 bits per heavy atom. The lowest BCUT2D eigenvalue weighted by Crippen LogP contribution is -2.14. The Balaban J connectivity index is 1.53. The van der Waals surface area contributed by atoms with Crippen molar-refractivity contribution in [3.05, 3.63) is 45.6 Å². The highest BCUT2D eigenvalue weighted by molar-refractivity contribution is 7.99. The first-order chi connectivity index (χ1) is 15.1. The lowest BCUT2D eigenvalue weighted by atomic mass is 10.0. The smallest absolute Gasteiger partial charge is 0.236 e. The van der Waals surface area contributed by atoms with Gasteiger partial charge in [0, 0.05) is 27.9 Å². The molecular weight excluding hydrogens is 448 g/mol. The zero-order chi connectivity index (χ0) is 21.8. The number of nitrogens with zero attached hydrogens (tertiary/aromatic N) is 5. The zero-order valence-electron chi connectivity index (χ0n) is 17.5. The van der Waals surface area contributed by atoms with Crippen molar-refractivity contribution in [2.24, 2.45) is 0 Å². The van der Waals surface area contributed by atoms with Crippen LogP contribution in [0.15, 0.2) is 40.9 Å². The van der Waals surface area contributed by atoms with Crippen molar-refractivity contribution >= 4 is 45.5 Å². The molecular formula is C21H22N6OS3. The zero-order valence-corrected chi connectivity index (χ0v) is 19.9. The highest BCUT2D eigenvalue weighted by Crippen LogP contribution is 2.39. The van der Waals surface area contributed by atoms with E-state index in [9.17, 15) is 4.79 Å². The van der Waals surface area contributed by atoms with Gasteiger partial charge in [-0.05, 0) is 25.8 Å². The van der Waals surface area contributed by atoms with E-state index in [1.54, 1.807) is 11.3 Å². The van der Waals surface area contributed by atoms with E-state index in [1.807, 2.05) is 25.1 Å². The van der Waals surface area contributed by atoms with E-state index in [1.165, 1.54) is 39.1 Å². The van der Waals surface area contributed by atoms with Crippen LogP contribution in [0, 0.1) is 6.92 Å². The molecule has 0 fully saturated rings. The summed E-state index contributed by atoms with van der Waals surface area (Å²) < 4.78 is 2.06. The number of carbonyl (C=O) groups excluding carboxylic acids is 1. The molecule has 4 rings (SSSR count). The molecule has 31 heavy (non-hydrogen) atoms. The van der Waals surface area contributed by atoms with Crippen LogP contribution >= 0.6 is 34.4 Å². The van der Waals surface area contributed by atoms with Crippen LogP contribution in [0.4, 0.5) is 5.13 Å². The van der Waals surface area contributed by atoms with E-state index < -0.39 is 0 Å². The van der Waals surface area contributed by atoms with Crippen molar-refractivity contribution in [2.75, 3.05) is 11.1 Å². The van der Waals surface area contributed by atoms with E-state index in [2.05, 4.69) is 61.6 Å². The lowest BCUT2D eigenvalue weighted by molar-refractivity contribution is -0.113. The van der Waals surface area contributed by atoms with Gasteiger partial charge in [0.25, 0.3) is 0 Å². The van der Waals surface area contributed by atoms with Gasteiger partial charge in [-0.1, -0.05) is 60.4 Å². The largest absolute Gasteiger partial charge is 0.302 e. The van der Waals surface area contributed by atoms with Crippen molar-refractivity contribution in [1.82, 2.24) is 25.0 Å². The van der Waals surface area contributed by atoms with Gasteiger partial charge in [0.05, 0.1) is 5.75 Å². The summed E-state index contributed by atoms with van der Waals surface area (Å²) in [6.45, 7) is 6.91. The number of benzene rings is 1. The average Bonchev–Trinajstić information content (AvgIpc) is 3.50. The van der Waals surface area contributed by atoms with E-state index in [0.29, 0.717) is 11.7 Å². The molecule has 0 saturated heterocycles. The van der Waals surface area contributed by atoms with Crippen LogP contribution in [0.2, 0.25) is 0 Å². The predicted octanol–water partition coefficient (Wildman–Crippen LogP) is 5.15. The van der Waals surface area contributed by atoms with Gasteiger partial charge >= 0.3 is 0 Å². The maximum Gasteiger partial charge on any atom is 0.236 e. The Bertz CT molecular complexity index is 1180. The Morgan fingerprint density at radius 1 is 1.13 bits per heavy atom. The molecule has 0 unspecified atom stereocenters. The topological polar surface area (TPSA) is 85.6 Å². The maximum atomic E-state index is 12.4. The third-order valence-corrected chi connectivity index (χ3v) is 7.52. The fourth-order valence-corrected chi connectivity index (χ4v) is 5.56. The second-order valence-corrected chi connectivity index (χ2v) is 9.78. The number of hydrogen-bond donors (Lipinski definition) is 1. The molecule has 0 aliphatic carbocycles. The molecule has 0 aliphatic heterocycles. The highest BCUT2D eigenvalue weighted by atomic mass is 32.2. The minimum Gasteiger partial charge on any atom is -0.302 e. The molecule has 3 heterocycles. The first-order valence-corrected chi connectivity index (χ1v) is 12.6. The summed E-state index contributed by atoms with van der Waals surface area (Å²) in [5.41, 5.74) is 3.42.